The Balaban J connectivity index is 2.41. The second kappa shape index (κ2) is 8.37. The number of carbonyl (C=O) groups excluding carboxylic acids is 1. The molecule has 0 fully saturated rings. The van der Waals surface area contributed by atoms with Crippen LogP contribution in [0.4, 0.5) is 0 Å². The first-order valence-electron chi connectivity index (χ1n) is 6.59. The van der Waals surface area contributed by atoms with Gasteiger partial charge in [-0.1, -0.05) is 0 Å². The van der Waals surface area contributed by atoms with E-state index in [0.29, 0.717) is 31.6 Å². The number of hydrogen-bond acceptors (Lipinski definition) is 4. The van der Waals surface area contributed by atoms with Gasteiger partial charge in [0.1, 0.15) is 17.6 Å². The van der Waals surface area contributed by atoms with Crippen LogP contribution in [-0.4, -0.2) is 30.7 Å². The van der Waals surface area contributed by atoms with Gasteiger partial charge in [-0.2, -0.15) is 0 Å². The van der Waals surface area contributed by atoms with Crippen LogP contribution in [0.3, 0.4) is 0 Å². The highest BCUT2D eigenvalue weighted by molar-refractivity contribution is 5.76. The molecule has 0 aliphatic carbocycles. The number of ether oxygens (including phenoxy) is 1. The van der Waals surface area contributed by atoms with Gasteiger partial charge in [-0.15, -0.1) is 0 Å². The summed E-state index contributed by atoms with van der Waals surface area (Å²) in [6.45, 7) is 2.16. The van der Waals surface area contributed by atoms with Gasteiger partial charge in [0.25, 0.3) is 0 Å². The van der Waals surface area contributed by atoms with Gasteiger partial charge >= 0.3 is 5.97 Å². The number of rotatable bonds is 9. The standard InChI is InChI=1S/C14H21NO5/c1-10-7-8-12(20-10)11(9-19-2)15-13(16)5-3-4-6-14(17)18/h7-8,11H,3-6,9H2,1-2H3,(H,15,16)(H,17,18). The second-order valence-electron chi connectivity index (χ2n) is 4.62. The lowest BCUT2D eigenvalue weighted by atomic mass is 10.1. The minimum atomic E-state index is -0.839. The molecule has 0 aromatic carbocycles. The molecule has 1 unspecified atom stereocenters. The maximum absolute atomic E-state index is 11.8. The third-order valence-electron chi connectivity index (χ3n) is 2.82. The predicted octanol–water partition coefficient (Wildman–Crippen LogP) is 2.04. The minimum absolute atomic E-state index is 0.0894. The fourth-order valence-corrected chi connectivity index (χ4v) is 1.83. The molecule has 0 aliphatic rings. The summed E-state index contributed by atoms with van der Waals surface area (Å²) < 4.78 is 10.6. The van der Waals surface area contributed by atoms with Crippen LogP contribution in [0, 0.1) is 6.92 Å². The summed E-state index contributed by atoms with van der Waals surface area (Å²) in [7, 11) is 1.56. The first-order valence-corrected chi connectivity index (χ1v) is 6.59. The van der Waals surface area contributed by atoms with Crippen LogP contribution in [0.15, 0.2) is 16.5 Å². The number of carbonyl (C=O) groups is 2. The van der Waals surface area contributed by atoms with Gasteiger partial charge in [0.2, 0.25) is 5.91 Å². The SMILES string of the molecule is COCC(NC(=O)CCCCC(=O)O)c1ccc(C)o1. The number of aryl methyl sites for hydroxylation is 1. The average Bonchev–Trinajstić information content (AvgIpc) is 2.80. The Labute approximate surface area is 118 Å². The highest BCUT2D eigenvalue weighted by Gasteiger charge is 2.17. The van der Waals surface area contributed by atoms with Gasteiger partial charge in [0.15, 0.2) is 0 Å². The summed E-state index contributed by atoms with van der Waals surface area (Å²) in [5.74, 6) is 0.459. The number of aliphatic carboxylic acids is 1. The fourth-order valence-electron chi connectivity index (χ4n) is 1.83. The molecule has 6 heteroatoms. The molecule has 0 saturated heterocycles. The molecule has 0 bridgehead atoms. The maximum atomic E-state index is 11.8. The van der Waals surface area contributed by atoms with Crippen LogP contribution in [0.1, 0.15) is 43.2 Å². The maximum Gasteiger partial charge on any atom is 0.303 e. The molecule has 0 aliphatic heterocycles. The Bertz CT molecular complexity index is 441. The highest BCUT2D eigenvalue weighted by Crippen LogP contribution is 2.17. The minimum Gasteiger partial charge on any atom is -0.481 e. The third-order valence-corrected chi connectivity index (χ3v) is 2.82. The van der Waals surface area contributed by atoms with Gasteiger partial charge in [-0.25, -0.2) is 0 Å². The fraction of sp³-hybridized carbons (Fsp3) is 0.571. The molecule has 112 valence electrons. The lowest BCUT2D eigenvalue weighted by Crippen LogP contribution is -2.30. The summed E-state index contributed by atoms with van der Waals surface area (Å²) in [4.78, 5) is 22.2. The van der Waals surface area contributed by atoms with Gasteiger partial charge in [-0.3, -0.25) is 9.59 Å². The van der Waals surface area contributed by atoms with Crippen molar-refractivity contribution in [3.63, 3.8) is 0 Å². The molecule has 1 amide bonds. The molecule has 2 N–H and O–H groups in total. The molecule has 0 radical (unpaired) electrons. The van der Waals surface area contributed by atoms with Crippen LogP contribution >= 0.6 is 0 Å². The predicted molar refractivity (Wildman–Crippen MR) is 72.3 cm³/mol. The molecule has 1 aromatic rings. The second-order valence-corrected chi connectivity index (χ2v) is 4.62. The van der Waals surface area contributed by atoms with Crippen molar-refractivity contribution in [2.45, 2.75) is 38.6 Å². The van der Waals surface area contributed by atoms with Crippen molar-refractivity contribution in [3.8, 4) is 0 Å². The number of nitrogens with one attached hydrogen (secondary N) is 1. The summed E-state index contributed by atoms with van der Waals surface area (Å²) in [6, 6.07) is 3.32. The number of unbranched alkanes of at least 4 members (excludes halogenated alkanes) is 1. The topological polar surface area (TPSA) is 88.8 Å². The number of carboxylic acids is 1. The van der Waals surface area contributed by atoms with E-state index in [1.807, 2.05) is 19.1 Å². The van der Waals surface area contributed by atoms with E-state index in [1.54, 1.807) is 7.11 Å². The molecular weight excluding hydrogens is 262 g/mol. The van der Waals surface area contributed by atoms with Crippen molar-refractivity contribution in [2.24, 2.45) is 0 Å². The van der Waals surface area contributed by atoms with Crippen molar-refractivity contribution in [2.75, 3.05) is 13.7 Å². The molecule has 20 heavy (non-hydrogen) atoms. The van der Waals surface area contributed by atoms with E-state index >= 15 is 0 Å². The number of furan rings is 1. The summed E-state index contributed by atoms with van der Waals surface area (Å²) in [6.07, 6.45) is 1.44. The molecule has 0 saturated carbocycles. The van der Waals surface area contributed by atoms with Gasteiger partial charge in [0.05, 0.1) is 6.61 Å². The van der Waals surface area contributed by atoms with Crippen LogP contribution in [0.25, 0.3) is 0 Å². The van der Waals surface area contributed by atoms with Gasteiger partial charge in [0, 0.05) is 20.0 Å². The van der Waals surface area contributed by atoms with Crippen molar-refractivity contribution in [3.05, 3.63) is 23.7 Å². The smallest absolute Gasteiger partial charge is 0.303 e. The lowest BCUT2D eigenvalue weighted by molar-refractivity contribution is -0.137. The summed E-state index contributed by atoms with van der Waals surface area (Å²) in [5.41, 5.74) is 0. The first-order chi connectivity index (χ1) is 9.52. The monoisotopic (exact) mass is 283 g/mol. The van der Waals surface area contributed by atoms with E-state index in [0.717, 1.165) is 5.76 Å². The highest BCUT2D eigenvalue weighted by atomic mass is 16.5. The summed E-state index contributed by atoms with van der Waals surface area (Å²) >= 11 is 0. The third kappa shape index (κ3) is 5.88. The number of methoxy groups -OCH3 is 1. The van der Waals surface area contributed by atoms with E-state index < -0.39 is 5.97 Å². The normalized spacial score (nSPS) is 12.1. The Morgan fingerprint density at radius 1 is 1.35 bits per heavy atom. The molecule has 1 rings (SSSR count). The zero-order valence-corrected chi connectivity index (χ0v) is 11.8. The molecule has 1 aromatic heterocycles. The summed E-state index contributed by atoms with van der Waals surface area (Å²) in [5, 5.41) is 11.3. The molecule has 6 nitrogen and oxygen atoms in total. The largest absolute Gasteiger partial charge is 0.481 e. The zero-order chi connectivity index (χ0) is 15.0. The zero-order valence-electron chi connectivity index (χ0n) is 11.8. The van der Waals surface area contributed by atoms with Gasteiger partial charge in [-0.05, 0) is 31.9 Å². The van der Waals surface area contributed by atoms with E-state index in [4.69, 9.17) is 14.3 Å². The average molecular weight is 283 g/mol. The van der Waals surface area contributed by atoms with E-state index in [2.05, 4.69) is 5.32 Å². The van der Waals surface area contributed by atoms with Crippen LogP contribution in [-0.2, 0) is 14.3 Å². The van der Waals surface area contributed by atoms with Crippen LogP contribution in [0.5, 0.6) is 0 Å². The lowest BCUT2D eigenvalue weighted by Gasteiger charge is -2.15. The molecule has 1 heterocycles. The molecular formula is C14H21NO5. The Morgan fingerprint density at radius 2 is 2.05 bits per heavy atom. The molecule has 0 spiro atoms. The number of hydrogen-bond donors (Lipinski definition) is 2. The van der Waals surface area contributed by atoms with Crippen molar-refractivity contribution in [1.29, 1.82) is 0 Å². The Morgan fingerprint density at radius 3 is 2.60 bits per heavy atom. The number of amides is 1. The van der Waals surface area contributed by atoms with E-state index in [1.165, 1.54) is 0 Å². The Kier molecular flexibility index (Phi) is 6.79. The van der Waals surface area contributed by atoms with Crippen LogP contribution < -0.4 is 5.32 Å². The van der Waals surface area contributed by atoms with Gasteiger partial charge < -0.3 is 19.6 Å². The van der Waals surface area contributed by atoms with E-state index in [9.17, 15) is 9.59 Å². The number of carboxylic acid groups (broad SMARTS) is 1. The van der Waals surface area contributed by atoms with Crippen LogP contribution in [0.2, 0.25) is 0 Å². The Hall–Kier alpha value is -1.82. The van der Waals surface area contributed by atoms with E-state index in [-0.39, 0.29) is 18.4 Å². The molecule has 1 atom stereocenters. The first kappa shape index (κ1) is 16.2. The van der Waals surface area contributed by atoms with Crippen molar-refractivity contribution in [1.82, 2.24) is 5.32 Å². The van der Waals surface area contributed by atoms with Crippen molar-refractivity contribution < 1.29 is 23.8 Å². The van der Waals surface area contributed by atoms with Crippen molar-refractivity contribution >= 4 is 11.9 Å². The quantitative estimate of drug-likeness (QED) is 0.677.